The van der Waals surface area contributed by atoms with Gasteiger partial charge in [-0.15, -0.1) is 0 Å². The minimum atomic E-state index is -1.35. The molecule has 3 aromatic carbocycles. The van der Waals surface area contributed by atoms with Crippen LogP contribution in [0.2, 0.25) is 0 Å². The molecular weight excluding hydrogens is 500 g/mol. The Labute approximate surface area is 229 Å². The summed E-state index contributed by atoms with van der Waals surface area (Å²) in [5.41, 5.74) is 3.03. The molecule has 0 amide bonds. The first kappa shape index (κ1) is 27.7. The van der Waals surface area contributed by atoms with Crippen molar-refractivity contribution in [2.45, 2.75) is 77.0 Å². The van der Waals surface area contributed by atoms with Crippen LogP contribution in [0.4, 0.5) is 17.6 Å². The summed E-state index contributed by atoms with van der Waals surface area (Å²) >= 11 is 0. The van der Waals surface area contributed by atoms with E-state index in [0.717, 1.165) is 35.4 Å². The van der Waals surface area contributed by atoms with Crippen molar-refractivity contribution in [2.75, 3.05) is 6.86 Å². The molecule has 0 N–H and O–H groups in total. The van der Waals surface area contributed by atoms with Crippen molar-refractivity contribution < 1.29 is 22.3 Å². The first-order valence-electron chi connectivity index (χ1n) is 14.5. The second kappa shape index (κ2) is 12.6. The first-order chi connectivity index (χ1) is 19.0. The van der Waals surface area contributed by atoms with Gasteiger partial charge in [-0.2, -0.15) is 0 Å². The Morgan fingerprint density at radius 1 is 0.667 bits per heavy atom. The second-order valence-electron chi connectivity index (χ2n) is 11.5. The van der Waals surface area contributed by atoms with Gasteiger partial charge in [0, 0.05) is 5.56 Å². The zero-order valence-electron chi connectivity index (χ0n) is 22.7. The number of rotatable bonds is 8. The molecule has 2 fully saturated rings. The van der Waals surface area contributed by atoms with Gasteiger partial charge in [0.1, 0.15) is 5.82 Å². The fourth-order valence-electron chi connectivity index (χ4n) is 7.06. The number of hydrogen-bond donors (Lipinski definition) is 0. The third-order valence-electron chi connectivity index (χ3n) is 9.22. The fourth-order valence-corrected chi connectivity index (χ4v) is 7.06. The van der Waals surface area contributed by atoms with Gasteiger partial charge in [-0.05, 0) is 103 Å². The molecule has 0 radical (unpaired) electrons. The topological polar surface area (TPSA) is 9.23 Å². The number of alkyl halides is 1. The summed E-state index contributed by atoms with van der Waals surface area (Å²) in [6, 6.07) is 14.9. The lowest BCUT2D eigenvalue weighted by Gasteiger charge is -2.38. The highest BCUT2D eigenvalue weighted by molar-refractivity contribution is 5.71. The van der Waals surface area contributed by atoms with E-state index in [1.807, 2.05) is 12.1 Å². The van der Waals surface area contributed by atoms with Crippen molar-refractivity contribution in [3.05, 3.63) is 77.6 Å². The molecule has 5 rings (SSSR count). The molecule has 2 aliphatic rings. The quantitative estimate of drug-likeness (QED) is 0.259. The molecule has 208 valence electrons. The zero-order chi connectivity index (χ0) is 27.4. The van der Waals surface area contributed by atoms with Crippen LogP contribution in [-0.4, -0.2) is 6.86 Å². The lowest BCUT2D eigenvalue weighted by Crippen LogP contribution is -2.25. The Kier molecular flexibility index (Phi) is 8.94. The van der Waals surface area contributed by atoms with Crippen LogP contribution in [0.15, 0.2) is 54.6 Å². The van der Waals surface area contributed by atoms with Crippen LogP contribution < -0.4 is 4.74 Å². The van der Waals surface area contributed by atoms with Crippen LogP contribution >= 0.6 is 0 Å². The number of ether oxygens (including phenoxy) is 1. The van der Waals surface area contributed by atoms with Gasteiger partial charge in [-0.25, -0.2) is 17.6 Å². The van der Waals surface area contributed by atoms with Gasteiger partial charge in [-0.3, -0.25) is 0 Å². The molecule has 0 atom stereocenters. The van der Waals surface area contributed by atoms with E-state index in [4.69, 9.17) is 0 Å². The third kappa shape index (κ3) is 6.34. The van der Waals surface area contributed by atoms with Crippen LogP contribution in [0.25, 0.3) is 22.3 Å². The molecule has 0 saturated heterocycles. The third-order valence-corrected chi connectivity index (χ3v) is 9.22. The SMILES string of the molecule is CCCC1CCC(C2CCC(c3ccc(-c4ccc(-c5cc(F)c(OCF)c(F)c5)c(F)c4)cc3)CC2)CC1. The summed E-state index contributed by atoms with van der Waals surface area (Å²) in [5, 5.41) is 0. The van der Waals surface area contributed by atoms with Gasteiger partial charge < -0.3 is 4.74 Å². The van der Waals surface area contributed by atoms with Gasteiger partial charge in [0.25, 0.3) is 0 Å². The monoisotopic (exact) mass is 538 g/mol. The van der Waals surface area contributed by atoms with Crippen molar-refractivity contribution >= 4 is 0 Å². The van der Waals surface area contributed by atoms with Crippen LogP contribution in [-0.2, 0) is 0 Å². The largest absolute Gasteiger partial charge is 0.457 e. The van der Waals surface area contributed by atoms with E-state index in [1.54, 1.807) is 6.07 Å². The molecular formula is C34H38F4O. The molecule has 2 aliphatic carbocycles. The number of hydrogen-bond acceptors (Lipinski definition) is 1. The molecule has 0 heterocycles. The molecule has 3 aromatic rings. The number of halogens is 4. The van der Waals surface area contributed by atoms with Crippen LogP contribution in [0.3, 0.4) is 0 Å². The molecule has 0 bridgehead atoms. The Balaban J connectivity index is 1.21. The Hall–Kier alpha value is -2.82. The average molecular weight is 539 g/mol. The molecule has 0 aliphatic heterocycles. The molecule has 39 heavy (non-hydrogen) atoms. The molecule has 0 spiro atoms. The lowest BCUT2D eigenvalue weighted by atomic mass is 9.68. The van der Waals surface area contributed by atoms with E-state index < -0.39 is 30.1 Å². The van der Waals surface area contributed by atoms with E-state index in [-0.39, 0.29) is 11.1 Å². The highest BCUT2D eigenvalue weighted by Gasteiger charge is 2.31. The van der Waals surface area contributed by atoms with Crippen LogP contribution in [0, 0.1) is 35.2 Å². The van der Waals surface area contributed by atoms with Gasteiger partial charge in [0.15, 0.2) is 17.4 Å². The Bertz CT molecular complexity index is 1220. The maximum atomic E-state index is 15.0. The normalized spacial score (nSPS) is 23.5. The van der Waals surface area contributed by atoms with E-state index in [2.05, 4.69) is 23.8 Å². The average Bonchev–Trinajstić information content (AvgIpc) is 2.96. The fraction of sp³-hybridized carbons (Fsp3) is 0.471. The van der Waals surface area contributed by atoms with E-state index in [0.29, 0.717) is 11.5 Å². The van der Waals surface area contributed by atoms with E-state index >= 15 is 4.39 Å². The Morgan fingerprint density at radius 3 is 1.79 bits per heavy atom. The molecule has 2 saturated carbocycles. The highest BCUT2D eigenvalue weighted by atomic mass is 19.1. The van der Waals surface area contributed by atoms with Crippen molar-refractivity contribution in [1.82, 2.24) is 0 Å². The summed E-state index contributed by atoms with van der Waals surface area (Å²) in [6.45, 7) is 0.951. The first-order valence-corrected chi connectivity index (χ1v) is 14.5. The molecule has 0 aromatic heterocycles. The minimum Gasteiger partial charge on any atom is -0.457 e. The Morgan fingerprint density at radius 2 is 1.23 bits per heavy atom. The summed E-state index contributed by atoms with van der Waals surface area (Å²) in [5.74, 6) is -0.178. The molecule has 5 heteroatoms. The van der Waals surface area contributed by atoms with Gasteiger partial charge >= 0.3 is 0 Å². The van der Waals surface area contributed by atoms with E-state index in [1.165, 1.54) is 81.9 Å². The van der Waals surface area contributed by atoms with Crippen molar-refractivity contribution in [3.63, 3.8) is 0 Å². The summed E-state index contributed by atoms with van der Waals surface area (Å²) in [7, 11) is 0. The zero-order valence-corrected chi connectivity index (χ0v) is 22.7. The maximum absolute atomic E-state index is 15.0. The van der Waals surface area contributed by atoms with Crippen molar-refractivity contribution in [1.29, 1.82) is 0 Å². The van der Waals surface area contributed by atoms with E-state index in [9.17, 15) is 13.2 Å². The van der Waals surface area contributed by atoms with Crippen LogP contribution in [0.5, 0.6) is 5.75 Å². The maximum Gasteiger partial charge on any atom is 0.228 e. The standard InChI is InChI=1S/C34H38F4O/c1-2-3-22-4-6-23(7-5-22)24-8-10-25(11-9-24)26-12-14-27(15-13-26)28-16-17-30(31(36)18-28)29-19-32(37)34(39-21-35)33(38)20-29/h12-20,22-25H,2-11,21H2,1H3. The van der Waals surface area contributed by atoms with Crippen LogP contribution in [0.1, 0.15) is 82.6 Å². The number of benzene rings is 3. The van der Waals surface area contributed by atoms with Gasteiger partial charge in [0.2, 0.25) is 6.86 Å². The summed E-state index contributed by atoms with van der Waals surface area (Å²) in [4.78, 5) is 0. The lowest BCUT2D eigenvalue weighted by molar-refractivity contribution is 0.156. The van der Waals surface area contributed by atoms with Crippen molar-refractivity contribution in [3.8, 4) is 28.0 Å². The molecule has 1 nitrogen and oxygen atoms in total. The smallest absolute Gasteiger partial charge is 0.228 e. The predicted octanol–water partition coefficient (Wildman–Crippen LogP) is 10.6. The van der Waals surface area contributed by atoms with Gasteiger partial charge in [-0.1, -0.05) is 69.0 Å². The molecule has 0 unspecified atom stereocenters. The minimum absolute atomic E-state index is 0.0280. The summed E-state index contributed by atoms with van der Waals surface area (Å²) < 4.78 is 60.0. The summed E-state index contributed by atoms with van der Waals surface area (Å²) in [6.07, 6.45) is 13.5. The predicted molar refractivity (Wildman–Crippen MR) is 149 cm³/mol. The van der Waals surface area contributed by atoms with Gasteiger partial charge in [0.05, 0.1) is 0 Å². The highest BCUT2D eigenvalue weighted by Crippen LogP contribution is 2.44. The second-order valence-corrected chi connectivity index (χ2v) is 11.5. The van der Waals surface area contributed by atoms with Crippen molar-refractivity contribution in [2.24, 2.45) is 17.8 Å².